The first kappa shape index (κ1) is 18.8. The van der Waals surface area contributed by atoms with Crippen molar-refractivity contribution in [2.45, 2.75) is 57.9 Å². The molecule has 0 spiro atoms. The van der Waals surface area contributed by atoms with E-state index in [1.54, 1.807) is 7.11 Å². The second kappa shape index (κ2) is 10.3. The summed E-state index contributed by atoms with van der Waals surface area (Å²) < 4.78 is 5.14. The summed E-state index contributed by atoms with van der Waals surface area (Å²) in [4.78, 5) is 14.6. The van der Waals surface area contributed by atoms with Crippen molar-refractivity contribution in [2.75, 3.05) is 26.7 Å². The minimum absolute atomic E-state index is 0.150. The fraction of sp³-hybridized carbons (Fsp3) is 0.650. The quantitative estimate of drug-likeness (QED) is 0.705. The van der Waals surface area contributed by atoms with Gasteiger partial charge in [0, 0.05) is 25.6 Å². The molecule has 0 aromatic heterocycles. The van der Waals surface area contributed by atoms with Gasteiger partial charge in [0.1, 0.15) is 5.75 Å². The van der Waals surface area contributed by atoms with Gasteiger partial charge in [-0.1, -0.05) is 25.5 Å². The molecule has 4 heteroatoms. The largest absolute Gasteiger partial charge is 0.497 e. The fourth-order valence-corrected chi connectivity index (χ4v) is 3.47. The van der Waals surface area contributed by atoms with Crippen LogP contribution in [0.2, 0.25) is 0 Å². The van der Waals surface area contributed by atoms with Crippen molar-refractivity contribution in [3.63, 3.8) is 0 Å². The molecule has 1 saturated heterocycles. The second-order valence-corrected chi connectivity index (χ2v) is 6.65. The number of hydrogen-bond acceptors (Lipinski definition) is 3. The van der Waals surface area contributed by atoms with Crippen LogP contribution in [-0.2, 0) is 11.2 Å². The van der Waals surface area contributed by atoms with Gasteiger partial charge in [0.05, 0.1) is 7.11 Å². The van der Waals surface area contributed by atoms with Gasteiger partial charge >= 0.3 is 0 Å². The van der Waals surface area contributed by atoms with Gasteiger partial charge in [0.15, 0.2) is 0 Å². The van der Waals surface area contributed by atoms with Crippen LogP contribution in [0.5, 0.6) is 5.75 Å². The molecule has 0 saturated carbocycles. The summed E-state index contributed by atoms with van der Waals surface area (Å²) in [7, 11) is 1.66. The third-order valence-electron chi connectivity index (χ3n) is 4.96. The van der Waals surface area contributed by atoms with Crippen LogP contribution in [0.3, 0.4) is 0 Å². The number of benzene rings is 1. The van der Waals surface area contributed by atoms with E-state index < -0.39 is 0 Å². The van der Waals surface area contributed by atoms with E-state index in [4.69, 9.17) is 4.74 Å². The number of nitrogens with one attached hydrogen (secondary N) is 1. The van der Waals surface area contributed by atoms with E-state index in [1.807, 2.05) is 24.3 Å². The molecule has 0 aliphatic carbocycles. The number of carbonyl (C=O) groups is 1. The van der Waals surface area contributed by atoms with Crippen molar-refractivity contribution in [3.8, 4) is 5.75 Å². The van der Waals surface area contributed by atoms with E-state index in [2.05, 4.69) is 17.1 Å². The Bertz CT molecular complexity index is 487. The number of amides is 1. The van der Waals surface area contributed by atoms with E-state index in [1.165, 1.54) is 37.8 Å². The summed E-state index contributed by atoms with van der Waals surface area (Å²) in [6.07, 6.45) is 7.65. The molecule has 24 heavy (non-hydrogen) atoms. The summed E-state index contributed by atoms with van der Waals surface area (Å²) in [5, 5.41) is 3.06. The number of hydrogen-bond donors (Lipinski definition) is 1. The van der Waals surface area contributed by atoms with Crippen molar-refractivity contribution in [3.05, 3.63) is 29.8 Å². The Labute approximate surface area is 146 Å². The highest BCUT2D eigenvalue weighted by atomic mass is 16.5. The molecule has 2 rings (SSSR count). The number of carbonyl (C=O) groups excluding carboxylic acids is 1. The van der Waals surface area contributed by atoms with Gasteiger partial charge in [-0.05, 0) is 56.3 Å². The lowest BCUT2D eigenvalue weighted by Crippen LogP contribution is -2.40. The zero-order valence-electron chi connectivity index (χ0n) is 15.2. The highest BCUT2D eigenvalue weighted by molar-refractivity contribution is 5.76. The predicted octanol–water partition coefficient (Wildman–Crippen LogP) is 3.40. The first-order valence-corrected chi connectivity index (χ1v) is 9.36. The lowest BCUT2D eigenvalue weighted by Gasteiger charge is -2.35. The molecule has 0 unspecified atom stereocenters. The molecule has 1 aromatic rings. The van der Waals surface area contributed by atoms with E-state index in [9.17, 15) is 4.79 Å². The van der Waals surface area contributed by atoms with Crippen molar-refractivity contribution in [2.24, 2.45) is 0 Å². The Hall–Kier alpha value is -1.55. The molecule has 134 valence electrons. The van der Waals surface area contributed by atoms with Crippen molar-refractivity contribution >= 4 is 5.91 Å². The molecule has 1 atom stereocenters. The second-order valence-electron chi connectivity index (χ2n) is 6.65. The van der Waals surface area contributed by atoms with Gasteiger partial charge in [0.25, 0.3) is 0 Å². The summed E-state index contributed by atoms with van der Waals surface area (Å²) in [5.41, 5.74) is 1.17. The third-order valence-corrected chi connectivity index (χ3v) is 4.96. The van der Waals surface area contributed by atoms with Crippen molar-refractivity contribution in [1.29, 1.82) is 0 Å². The molecular weight excluding hydrogens is 300 g/mol. The van der Waals surface area contributed by atoms with Gasteiger partial charge in [-0.2, -0.15) is 0 Å². The summed E-state index contributed by atoms with van der Waals surface area (Å²) in [6.45, 7) is 5.40. The van der Waals surface area contributed by atoms with Gasteiger partial charge in [-0.3, -0.25) is 4.79 Å². The molecule has 1 fully saturated rings. The number of ether oxygens (including phenoxy) is 1. The number of aryl methyl sites for hydroxylation is 1. The maximum absolute atomic E-state index is 12.0. The minimum atomic E-state index is 0.150. The van der Waals surface area contributed by atoms with Crippen molar-refractivity contribution in [1.82, 2.24) is 10.2 Å². The van der Waals surface area contributed by atoms with Crippen molar-refractivity contribution < 1.29 is 9.53 Å². The van der Waals surface area contributed by atoms with Crippen LogP contribution >= 0.6 is 0 Å². The fourth-order valence-electron chi connectivity index (χ4n) is 3.47. The molecule has 0 bridgehead atoms. The SMILES string of the molecule is CC[C@@H]1CCCCN1CCCNC(=O)CCc1ccc(OC)cc1. The minimum Gasteiger partial charge on any atom is -0.497 e. The molecule has 1 aromatic carbocycles. The average Bonchev–Trinajstić information content (AvgIpc) is 2.64. The Kier molecular flexibility index (Phi) is 8.10. The number of piperidine rings is 1. The van der Waals surface area contributed by atoms with Crippen LogP contribution in [0.25, 0.3) is 0 Å². The van der Waals surface area contributed by atoms with Gasteiger partial charge in [-0.15, -0.1) is 0 Å². The Balaban J connectivity index is 1.59. The Morgan fingerprint density at radius 2 is 2.08 bits per heavy atom. The lowest BCUT2D eigenvalue weighted by molar-refractivity contribution is -0.121. The topological polar surface area (TPSA) is 41.6 Å². The Morgan fingerprint density at radius 1 is 1.29 bits per heavy atom. The molecule has 1 aliphatic rings. The molecule has 0 radical (unpaired) electrons. The zero-order valence-corrected chi connectivity index (χ0v) is 15.2. The molecule has 1 heterocycles. The number of rotatable bonds is 9. The normalized spacial score (nSPS) is 18.3. The maximum Gasteiger partial charge on any atom is 0.220 e. The van der Waals surface area contributed by atoms with Gasteiger partial charge in [-0.25, -0.2) is 0 Å². The highest BCUT2D eigenvalue weighted by Crippen LogP contribution is 2.19. The highest BCUT2D eigenvalue weighted by Gasteiger charge is 2.19. The van der Waals surface area contributed by atoms with Gasteiger partial charge in [0.2, 0.25) is 5.91 Å². The average molecular weight is 332 g/mol. The monoisotopic (exact) mass is 332 g/mol. The molecule has 1 aliphatic heterocycles. The van der Waals surface area contributed by atoms with E-state index >= 15 is 0 Å². The first-order valence-electron chi connectivity index (χ1n) is 9.36. The summed E-state index contributed by atoms with van der Waals surface area (Å²) >= 11 is 0. The summed E-state index contributed by atoms with van der Waals surface area (Å²) in [6, 6.07) is 8.68. The number of nitrogens with zero attached hydrogens (tertiary/aromatic N) is 1. The Morgan fingerprint density at radius 3 is 2.79 bits per heavy atom. The van der Waals surface area contributed by atoms with Crippen LogP contribution in [0.4, 0.5) is 0 Å². The van der Waals surface area contributed by atoms with Crippen LogP contribution in [0.1, 0.15) is 51.0 Å². The predicted molar refractivity (Wildman–Crippen MR) is 98.4 cm³/mol. The first-order chi connectivity index (χ1) is 11.7. The summed E-state index contributed by atoms with van der Waals surface area (Å²) in [5.74, 6) is 1.00. The molecule has 4 nitrogen and oxygen atoms in total. The smallest absolute Gasteiger partial charge is 0.220 e. The lowest BCUT2D eigenvalue weighted by atomic mass is 10.00. The van der Waals surface area contributed by atoms with E-state index in [0.29, 0.717) is 6.42 Å². The molecule has 1 N–H and O–H groups in total. The standard InChI is InChI=1S/C20H32N2O2/c1-3-18-7-4-5-15-22(18)16-6-14-21-20(23)13-10-17-8-11-19(24-2)12-9-17/h8-9,11-12,18H,3-7,10,13-16H2,1-2H3,(H,21,23)/t18-/m1/s1. The van der Waals surface area contributed by atoms with Crippen LogP contribution in [0.15, 0.2) is 24.3 Å². The number of likely N-dealkylation sites (tertiary alicyclic amines) is 1. The molecular formula is C20H32N2O2. The van der Waals surface area contributed by atoms with E-state index in [0.717, 1.165) is 37.7 Å². The maximum atomic E-state index is 12.0. The zero-order chi connectivity index (χ0) is 17.2. The van der Waals surface area contributed by atoms with E-state index in [-0.39, 0.29) is 5.91 Å². The molecule has 1 amide bonds. The van der Waals surface area contributed by atoms with Crippen LogP contribution in [0, 0.1) is 0 Å². The van der Waals surface area contributed by atoms with Crippen LogP contribution in [-0.4, -0.2) is 43.6 Å². The third kappa shape index (κ3) is 6.16. The number of methoxy groups -OCH3 is 1. The van der Waals surface area contributed by atoms with Gasteiger partial charge < -0.3 is 15.0 Å². The van der Waals surface area contributed by atoms with Crippen LogP contribution < -0.4 is 10.1 Å².